The molecule has 0 saturated carbocycles. The minimum absolute atomic E-state index is 0. The Kier molecular flexibility index (Phi) is 7.90. The molecule has 5 heteroatoms. The van der Waals surface area contributed by atoms with Crippen molar-refractivity contribution in [2.45, 2.75) is 0 Å². The maximum atomic E-state index is 5.03. The molecule has 16 heavy (non-hydrogen) atoms. The molecule has 1 heterocycles. The van der Waals surface area contributed by atoms with E-state index < -0.39 is 0 Å². The molecule has 0 fully saturated rings. The van der Waals surface area contributed by atoms with Gasteiger partial charge in [0, 0.05) is 18.1 Å². The number of rotatable bonds is 2. The second-order valence-corrected chi connectivity index (χ2v) is 2.56. The van der Waals surface area contributed by atoms with Gasteiger partial charge < -0.3 is 12.2 Å². The molecule has 0 aliphatic heterocycles. The van der Waals surface area contributed by atoms with Crippen LogP contribution in [-0.4, -0.2) is 16.9 Å². The van der Waals surface area contributed by atoms with E-state index in [-0.39, 0.29) is 7.43 Å². The third kappa shape index (κ3) is 3.97. The number of halogens is 1. The van der Waals surface area contributed by atoms with E-state index in [0.29, 0.717) is 0 Å². The molecule has 0 atom stereocenters. The van der Waals surface area contributed by atoms with Crippen LogP contribution in [-0.2, 0) is 17.9 Å². The van der Waals surface area contributed by atoms with Gasteiger partial charge in [0.1, 0.15) is 0 Å². The van der Waals surface area contributed by atoms with Gasteiger partial charge >= 0.3 is 27.5 Å². The molecule has 0 spiro atoms. The summed E-state index contributed by atoms with van der Waals surface area (Å²) >= 11 is 1.47. The number of hydrogen-bond acceptors (Lipinski definition) is 2. The van der Waals surface area contributed by atoms with Crippen LogP contribution in [0.15, 0.2) is 36.7 Å². The van der Waals surface area contributed by atoms with Gasteiger partial charge in [0.15, 0.2) is 0 Å². The standard InChI is InChI=1S/C10H9N2O.CH3.ClH.Ir/c1-13-10-5-3-9(4-6-10)12-8-2-7-11-12;;;/h2-3,5-8H,1H3;1H3;1H;/q2*-1;;+3/p-1. The Hall–Kier alpha value is -0.831. The minimum atomic E-state index is 0. The predicted octanol–water partition coefficient (Wildman–Crippen LogP) is 2.82. The summed E-state index contributed by atoms with van der Waals surface area (Å²) in [7, 11) is 6.27. The molecule has 0 aliphatic rings. The van der Waals surface area contributed by atoms with Crippen molar-refractivity contribution in [1.82, 2.24) is 9.78 Å². The molecule has 0 aliphatic carbocycles. The summed E-state index contributed by atoms with van der Waals surface area (Å²) in [4.78, 5) is 0. The van der Waals surface area contributed by atoms with E-state index in [4.69, 9.17) is 4.74 Å². The van der Waals surface area contributed by atoms with Crippen molar-refractivity contribution >= 4 is 9.58 Å². The number of ether oxygens (including phenoxy) is 1. The van der Waals surface area contributed by atoms with Gasteiger partial charge in [0.2, 0.25) is 0 Å². The SMILES string of the molecule is COc1c[c-]c(-n2cccn2)cc1.[CH3-].[Cl][Ir+2]. The van der Waals surface area contributed by atoms with Crippen LogP contribution in [0.25, 0.3) is 5.69 Å². The van der Waals surface area contributed by atoms with Crippen LogP contribution in [0.2, 0.25) is 0 Å². The Morgan fingerprint density at radius 3 is 2.62 bits per heavy atom. The number of hydrogen-bond donors (Lipinski definition) is 0. The second-order valence-electron chi connectivity index (χ2n) is 2.56. The molecule has 0 amide bonds. The molecule has 2 aromatic rings. The predicted molar refractivity (Wildman–Crippen MR) is 61.2 cm³/mol. The molecule has 0 saturated heterocycles. The van der Waals surface area contributed by atoms with Crippen LogP contribution in [0.4, 0.5) is 0 Å². The summed E-state index contributed by atoms with van der Waals surface area (Å²) in [5, 5.41) is 4.09. The van der Waals surface area contributed by atoms with Crippen LogP contribution in [0.5, 0.6) is 5.75 Å². The normalized spacial score (nSPS) is 8.44. The van der Waals surface area contributed by atoms with Crippen molar-refractivity contribution in [2.24, 2.45) is 0 Å². The molecule has 0 bridgehead atoms. The summed E-state index contributed by atoms with van der Waals surface area (Å²) in [5.41, 5.74) is 0.908. The van der Waals surface area contributed by atoms with E-state index in [9.17, 15) is 0 Å². The Labute approximate surface area is 111 Å². The fourth-order valence-corrected chi connectivity index (χ4v) is 1.08. The number of benzene rings is 1. The third-order valence-electron chi connectivity index (χ3n) is 1.75. The van der Waals surface area contributed by atoms with Crippen molar-refractivity contribution in [2.75, 3.05) is 7.11 Å². The van der Waals surface area contributed by atoms with Crippen LogP contribution in [0, 0.1) is 13.5 Å². The van der Waals surface area contributed by atoms with E-state index in [1.165, 1.54) is 17.9 Å². The van der Waals surface area contributed by atoms with Crippen LogP contribution in [0.3, 0.4) is 0 Å². The Morgan fingerprint density at radius 1 is 1.44 bits per heavy atom. The van der Waals surface area contributed by atoms with Crippen LogP contribution in [0.1, 0.15) is 0 Å². The van der Waals surface area contributed by atoms with E-state index >= 15 is 0 Å². The molecule has 3 nitrogen and oxygen atoms in total. The van der Waals surface area contributed by atoms with E-state index in [1.54, 1.807) is 24.1 Å². The Balaban J connectivity index is 0.000000711. The number of methoxy groups -OCH3 is 1. The number of aromatic nitrogens is 2. The van der Waals surface area contributed by atoms with Gasteiger partial charge in [-0.25, -0.2) is 0 Å². The van der Waals surface area contributed by atoms with Crippen molar-refractivity contribution < 1.29 is 22.6 Å². The second kappa shape index (κ2) is 8.34. The van der Waals surface area contributed by atoms with Gasteiger partial charge in [-0.3, -0.25) is 4.68 Å². The van der Waals surface area contributed by atoms with Crippen molar-refractivity contribution in [3.8, 4) is 11.4 Å². The van der Waals surface area contributed by atoms with Crippen molar-refractivity contribution in [3.63, 3.8) is 0 Å². The summed E-state index contributed by atoms with van der Waals surface area (Å²) < 4.78 is 6.78. The average molecular weight is 416 g/mol. The maximum absolute atomic E-state index is 5.03. The summed E-state index contributed by atoms with van der Waals surface area (Å²) in [6, 6.07) is 10.5. The van der Waals surface area contributed by atoms with Gasteiger partial charge in [-0.05, 0) is 11.8 Å². The molecule has 0 radical (unpaired) electrons. The van der Waals surface area contributed by atoms with E-state index in [2.05, 4.69) is 20.7 Å². The molecular weight excluding hydrogens is 404 g/mol. The third-order valence-corrected chi connectivity index (χ3v) is 1.75. The Morgan fingerprint density at radius 2 is 2.19 bits per heavy atom. The summed E-state index contributed by atoms with van der Waals surface area (Å²) in [5.74, 6) is 0.802. The zero-order valence-electron chi connectivity index (χ0n) is 8.98. The van der Waals surface area contributed by atoms with Crippen molar-refractivity contribution in [3.05, 3.63) is 50.2 Å². The molecule has 0 unspecified atom stereocenters. The van der Waals surface area contributed by atoms with Gasteiger partial charge in [-0.2, -0.15) is 11.2 Å². The monoisotopic (exact) mass is 416 g/mol. The quantitative estimate of drug-likeness (QED) is 0.705. The first kappa shape index (κ1) is 15.2. The van der Waals surface area contributed by atoms with Gasteiger partial charge in [0.25, 0.3) is 0 Å². The molecule has 88 valence electrons. The molecular formula is C11H12ClIrN2O. The molecule has 0 N–H and O–H groups in total. The zero-order chi connectivity index (χ0) is 11.1. The average Bonchev–Trinajstić information content (AvgIpc) is 2.85. The van der Waals surface area contributed by atoms with Crippen LogP contribution < -0.4 is 4.74 Å². The molecule has 1 aromatic heterocycles. The van der Waals surface area contributed by atoms with Gasteiger partial charge in [0.05, 0.1) is 7.11 Å². The van der Waals surface area contributed by atoms with Gasteiger partial charge in [-0.15, -0.1) is 18.2 Å². The first-order chi connectivity index (χ1) is 7.40. The first-order valence-electron chi connectivity index (χ1n) is 4.08. The summed E-state index contributed by atoms with van der Waals surface area (Å²) in [6.45, 7) is 0. The van der Waals surface area contributed by atoms with E-state index in [0.717, 1.165) is 11.4 Å². The summed E-state index contributed by atoms with van der Waals surface area (Å²) in [6.07, 6.45) is 3.61. The van der Waals surface area contributed by atoms with Crippen molar-refractivity contribution in [1.29, 1.82) is 0 Å². The van der Waals surface area contributed by atoms with E-state index in [1.807, 2.05) is 24.4 Å². The fraction of sp³-hybridized carbons (Fsp3) is 0.0909. The van der Waals surface area contributed by atoms with Crippen LogP contribution >= 0.6 is 9.58 Å². The van der Waals surface area contributed by atoms with Gasteiger partial charge in [-0.1, -0.05) is 0 Å². The zero-order valence-corrected chi connectivity index (χ0v) is 12.1. The first-order valence-corrected chi connectivity index (χ1v) is 7.05. The fourth-order valence-electron chi connectivity index (χ4n) is 1.08. The molecule has 2 rings (SSSR count). The molecule has 1 aromatic carbocycles. The number of nitrogens with zero attached hydrogens (tertiary/aromatic N) is 2. The topological polar surface area (TPSA) is 27.1 Å². The Bertz CT molecular complexity index is 375.